The lowest BCUT2D eigenvalue weighted by Gasteiger charge is -2.05. The van der Waals surface area contributed by atoms with Gasteiger partial charge >= 0.3 is 6.18 Å². The van der Waals surface area contributed by atoms with E-state index in [1.165, 1.54) is 6.07 Å². The van der Waals surface area contributed by atoms with Gasteiger partial charge in [-0.05, 0) is 29.7 Å². The molecule has 0 saturated heterocycles. The van der Waals surface area contributed by atoms with Crippen LogP contribution in [0.4, 0.5) is 18.2 Å². The number of fused-ring (bicyclic) bond motifs is 1. The van der Waals surface area contributed by atoms with E-state index in [0.717, 1.165) is 23.7 Å². The van der Waals surface area contributed by atoms with Crippen LogP contribution in [0.25, 0.3) is 10.9 Å². The van der Waals surface area contributed by atoms with Gasteiger partial charge < -0.3 is 5.73 Å². The molecule has 0 fully saturated rings. The average molecular weight is 218 g/mol. The fraction of sp³-hybridized carbons (Fsp3) is 0.125. The van der Waals surface area contributed by atoms with Crippen molar-refractivity contribution in [1.82, 2.24) is 4.37 Å². The molecule has 0 bridgehead atoms. The second kappa shape index (κ2) is 2.84. The first-order valence-electron chi connectivity index (χ1n) is 3.70. The summed E-state index contributed by atoms with van der Waals surface area (Å²) in [5.41, 5.74) is 5.28. The number of nitrogens with two attached hydrogens (primary N) is 1. The van der Waals surface area contributed by atoms with Crippen molar-refractivity contribution in [3.8, 4) is 0 Å². The first kappa shape index (κ1) is 9.26. The van der Waals surface area contributed by atoms with E-state index in [0.29, 0.717) is 15.9 Å². The minimum absolute atomic E-state index is 0.311. The molecule has 2 aromatic rings. The summed E-state index contributed by atoms with van der Waals surface area (Å²) in [5.74, 6) is 0. The third-order valence-electron chi connectivity index (χ3n) is 1.83. The summed E-state index contributed by atoms with van der Waals surface area (Å²) in [7, 11) is 0. The Morgan fingerprint density at radius 3 is 2.64 bits per heavy atom. The smallest absolute Gasteiger partial charge is 0.389 e. The zero-order valence-electron chi connectivity index (χ0n) is 6.80. The van der Waals surface area contributed by atoms with E-state index in [1.807, 2.05) is 0 Å². The second-order valence-corrected chi connectivity index (χ2v) is 3.58. The molecule has 2 nitrogen and oxygen atoms in total. The van der Waals surface area contributed by atoms with Gasteiger partial charge in [0.25, 0.3) is 0 Å². The molecule has 0 radical (unpaired) electrons. The van der Waals surface area contributed by atoms with Gasteiger partial charge in [-0.3, -0.25) is 0 Å². The predicted molar refractivity (Wildman–Crippen MR) is 49.0 cm³/mol. The van der Waals surface area contributed by atoms with Crippen LogP contribution in [0, 0.1) is 0 Å². The van der Waals surface area contributed by atoms with Crippen molar-refractivity contribution in [1.29, 1.82) is 0 Å². The first-order chi connectivity index (χ1) is 6.48. The molecule has 0 unspecified atom stereocenters. The maximum atomic E-state index is 12.3. The van der Waals surface area contributed by atoms with Crippen LogP contribution < -0.4 is 5.73 Å². The van der Waals surface area contributed by atoms with Crippen LogP contribution in [0.2, 0.25) is 0 Å². The fourth-order valence-corrected chi connectivity index (χ4v) is 1.75. The Morgan fingerprint density at radius 2 is 2.00 bits per heavy atom. The minimum Gasteiger partial charge on any atom is -0.389 e. The minimum atomic E-state index is -4.33. The van der Waals surface area contributed by atoms with Crippen LogP contribution in [0.3, 0.4) is 0 Å². The van der Waals surface area contributed by atoms with Crippen molar-refractivity contribution in [3.05, 3.63) is 23.8 Å². The van der Waals surface area contributed by atoms with Gasteiger partial charge in [-0.1, -0.05) is 0 Å². The van der Waals surface area contributed by atoms with E-state index in [2.05, 4.69) is 4.37 Å². The van der Waals surface area contributed by atoms with E-state index < -0.39 is 11.7 Å². The number of aromatic nitrogens is 1. The Kier molecular flexibility index (Phi) is 1.88. The average Bonchev–Trinajstić information content (AvgIpc) is 2.46. The molecule has 0 aliphatic rings. The van der Waals surface area contributed by atoms with Crippen LogP contribution in [0.15, 0.2) is 18.2 Å². The number of halogens is 3. The molecule has 6 heteroatoms. The highest BCUT2D eigenvalue weighted by atomic mass is 32.1. The number of alkyl halides is 3. The zero-order valence-corrected chi connectivity index (χ0v) is 7.62. The van der Waals surface area contributed by atoms with Gasteiger partial charge in [-0.2, -0.15) is 17.5 Å². The predicted octanol–water partition coefficient (Wildman–Crippen LogP) is 2.90. The highest BCUT2D eigenvalue weighted by Gasteiger charge is 2.30. The third kappa shape index (κ3) is 1.41. The van der Waals surface area contributed by atoms with E-state index in [9.17, 15) is 13.2 Å². The molecule has 2 N–H and O–H groups in total. The maximum absolute atomic E-state index is 12.3. The Balaban J connectivity index is 2.66. The molecule has 0 spiro atoms. The summed E-state index contributed by atoms with van der Waals surface area (Å²) < 4.78 is 40.8. The Hall–Kier alpha value is -1.30. The van der Waals surface area contributed by atoms with Gasteiger partial charge in [0.1, 0.15) is 5.00 Å². The molecule has 1 heterocycles. The molecule has 74 valence electrons. The van der Waals surface area contributed by atoms with Crippen LogP contribution in [-0.4, -0.2) is 4.37 Å². The lowest BCUT2D eigenvalue weighted by molar-refractivity contribution is -0.137. The molecular weight excluding hydrogens is 213 g/mol. The first-order valence-corrected chi connectivity index (χ1v) is 4.48. The van der Waals surface area contributed by atoms with E-state index in [-0.39, 0.29) is 0 Å². The molecule has 1 aromatic carbocycles. The van der Waals surface area contributed by atoms with Crippen molar-refractivity contribution in [2.45, 2.75) is 6.18 Å². The van der Waals surface area contributed by atoms with Gasteiger partial charge in [-0.15, -0.1) is 0 Å². The monoisotopic (exact) mass is 218 g/mol. The van der Waals surface area contributed by atoms with E-state index in [1.54, 1.807) is 0 Å². The van der Waals surface area contributed by atoms with Crippen molar-refractivity contribution in [2.75, 3.05) is 5.73 Å². The van der Waals surface area contributed by atoms with Gasteiger partial charge in [0.2, 0.25) is 0 Å². The summed E-state index contributed by atoms with van der Waals surface area (Å²) in [5, 5.41) is 0.677. The highest BCUT2D eigenvalue weighted by Crippen LogP contribution is 2.33. The largest absolute Gasteiger partial charge is 0.416 e. The van der Waals surface area contributed by atoms with Crippen LogP contribution in [0.5, 0.6) is 0 Å². The topological polar surface area (TPSA) is 38.9 Å². The normalized spacial score (nSPS) is 12.2. The molecule has 0 aliphatic heterocycles. The lowest BCUT2D eigenvalue weighted by atomic mass is 10.1. The maximum Gasteiger partial charge on any atom is 0.416 e. The standard InChI is InChI=1S/C8H5F3N2S/c9-8(10,11)4-1-2-6-5(3-4)7(12)14-13-6/h1-3H,12H2. The molecule has 0 aliphatic carbocycles. The molecule has 0 atom stereocenters. The van der Waals surface area contributed by atoms with Gasteiger partial charge in [0, 0.05) is 5.39 Å². The van der Waals surface area contributed by atoms with Crippen LogP contribution >= 0.6 is 11.5 Å². The number of nitrogen functional groups attached to an aromatic ring is 1. The summed E-state index contributed by atoms with van der Waals surface area (Å²) in [6, 6.07) is 3.35. The molecular formula is C8H5F3N2S. The summed E-state index contributed by atoms with van der Waals surface area (Å²) >= 11 is 0.997. The number of benzene rings is 1. The summed E-state index contributed by atoms with van der Waals surface area (Å²) in [6.07, 6.45) is -4.33. The Bertz CT molecular complexity index is 475. The van der Waals surface area contributed by atoms with Crippen molar-refractivity contribution < 1.29 is 13.2 Å². The number of hydrogen-bond acceptors (Lipinski definition) is 3. The molecule has 2 rings (SSSR count). The Labute approximate surface area is 81.3 Å². The fourth-order valence-electron chi connectivity index (χ4n) is 1.14. The van der Waals surface area contributed by atoms with Crippen LogP contribution in [-0.2, 0) is 6.18 Å². The molecule has 1 aromatic heterocycles. The van der Waals surface area contributed by atoms with Crippen LogP contribution in [0.1, 0.15) is 5.56 Å². The summed E-state index contributed by atoms with van der Waals surface area (Å²) in [4.78, 5) is 0. The zero-order chi connectivity index (χ0) is 10.3. The number of rotatable bonds is 0. The lowest BCUT2D eigenvalue weighted by Crippen LogP contribution is -2.04. The van der Waals surface area contributed by atoms with E-state index in [4.69, 9.17) is 5.73 Å². The quantitative estimate of drug-likeness (QED) is 0.738. The van der Waals surface area contributed by atoms with Gasteiger partial charge in [-0.25, -0.2) is 0 Å². The number of nitrogens with zero attached hydrogens (tertiary/aromatic N) is 1. The second-order valence-electron chi connectivity index (χ2n) is 2.78. The van der Waals surface area contributed by atoms with Crippen molar-refractivity contribution >= 4 is 27.4 Å². The Morgan fingerprint density at radius 1 is 1.29 bits per heavy atom. The molecule has 14 heavy (non-hydrogen) atoms. The number of hydrogen-bond donors (Lipinski definition) is 1. The highest BCUT2D eigenvalue weighted by molar-refractivity contribution is 7.11. The third-order valence-corrected chi connectivity index (χ3v) is 2.54. The molecule has 0 amide bonds. The van der Waals surface area contributed by atoms with E-state index >= 15 is 0 Å². The van der Waals surface area contributed by atoms with Crippen molar-refractivity contribution in [2.24, 2.45) is 0 Å². The van der Waals surface area contributed by atoms with Gasteiger partial charge in [0.15, 0.2) is 0 Å². The number of anilines is 1. The van der Waals surface area contributed by atoms with Gasteiger partial charge in [0.05, 0.1) is 11.1 Å². The van der Waals surface area contributed by atoms with Crippen molar-refractivity contribution in [3.63, 3.8) is 0 Å². The molecule has 0 saturated carbocycles. The SMILES string of the molecule is Nc1snc2ccc(C(F)(F)F)cc12. The summed E-state index contributed by atoms with van der Waals surface area (Å²) in [6.45, 7) is 0.